The monoisotopic (exact) mass is 246 g/mol. The summed E-state index contributed by atoms with van der Waals surface area (Å²) in [6.07, 6.45) is 1.93. The highest BCUT2D eigenvalue weighted by Crippen LogP contribution is 2.26. The van der Waals surface area contributed by atoms with Gasteiger partial charge in [0.05, 0.1) is 22.3 Å². The Morgan fingerprint density at radius 2 is 2.20 bits per heavy atom. The molecular weight excluding hydrogens is 232 g/mol. The average molecular weight is 246 g/mol. The van der Waals surface area contributed by atoms with Gasteiger partial charge in [0.1, 0.15) is 0 Å². The van der Waals surface area contributed by atoms with Crippen LogP contribution in [-0.4, -0.2) is 27.0 Å². The van der Waals surface area contributed by atoms with E-state index in [0.717, 1.165) is 4.90 Å². The lowest BCUT2D eigenvalue weighted by molar-refractivity contribution is -0.360. The third-order valence-electron chi connectivity index (χ3n) is 1.70. The van der Waals surface area contributed by atoms with Gasteiger partial charge in [-0.25, -0.2) is 8.42 Å². The van der Waals surface area contributed by atoms with Crippen molar-refractivity contribution in [3.8, 4) is 0 Å². The molecule has 0 aliphatic heterocycles. The lowest BCUT2D eigenvalue weighted by atomic mass is 10.3. The topological polar surface area (TPSA) is 75.9 Å². The standard InChI is InChI=1S/C9H13N2O2S2/c1-14-9-4-2-3-8(7-9)11-15(12,13)6-5-10/h2-4,7H,5-6,10H2,1H3/q-1/p+1. The van der Waals surface area contributed by atoms with Crippen LogP contribution in [0.3, 0.4) is 0 Å². The van der Waals surface area contributed by atoms with Gasteiger partial charge in [0.25, 0.3) is 0 Å². The Kier molecular flexibility index (Phi) is 4.44. The Morgan fingerprint density at radius 1 is 1.47 bits per heavy atom. The number of thioether (sulfide) groups is 1. The Balaban J connectivity index is 2.80. The molecule has 0 spiro atoms. The van der Waals surface area contributed by atoms with Crippen LogP contribution in [-0.2, 0) is 10.0 Å². The van der Waals surface area contributed by atoms with Gasteiger partial charge in [0.2, 0.25) is 0 Å². The predicted molar refractivity (Wildman–Crippen MR) is 62.8 cm³/mol. The van der Waals surface area contributed by atoms with Gasteiger partial charge in [-0.1, -0.05) is 18.2 Å². The second-order valence-corrected chi connectivity index (χ2v) is 5.57. The van der Waals surface area contributed by atoms with Gasteiger partial charge in [-0.05, 0) is 12.3 Å². The summed E-state index contributed by atoms with van der Waals surface area (Å²) in [7, 11) is -3.36. The van der Waals surface area contributed by atoms with Crippen LogP contribution in [0.1, 0.15) is 0 Å². The largest absolute Gasteiger partial charge is 0.577 e. The molecule has 0 saturated heterocycles. The molecule has 0 amide bonds. The van der Waals surface area contributed by atoms with E-state index in [1.54, 1.807) is 30.0 Å². The molecule has 3 N–H and O–H groups in total. The first-order valence-electron chi connectivity index (χ1n) is 4.46. The van der Waals surface area contributed by atoms with Crippen molar-refractivity contribution in [3.05, 3.63) is 29.0 Å². The quantitative estimate of drug-likeness (QED) is 0.787. The number of nitrogens with zero attached hydrogens (tertiary/aromatic N) is 1. The normalized spacial score (nSPS) is 11.3. The first-order chi connectivity index (χ1) is 7.07. The molecule has 0 heterocycles. The van der Waals surface area contributed by atoms with Gasteiger partial charge >= 0.3 is 0 Å². The maximum absolute atomic E-state index is 11.4. The van der Waals surface area contributed by atoms with Crippen molar-refractivity contribution < 1.29 is 14.2 Å². The highest BCUT2D eigenvalue weighted by Gasteiger charge is 1.99. The van der Waals surface area contributed by atoms with Crippen LogP contribution in [0.5, 0.6) is 0 Å². The van der Waals surface area contributed by atoms with Gasteiger partial charge in [-0.3, -0.25) is 0 Å². The molecule has 15 heavy (non-hydrogen) atoms. The fraction of sp³-hybridized carbons (Fsp3) is 0.333. The van der Waals surface area contributed by atoms with E-state index in [1.807, 2.05) is 12.3 Å². The minimum atomic E-state index is -3.36. The maximum atomic E-state index is 11.4. The third kappa shape index (κ3) is 4.11. The number of hydrogen-bond acceptors (Lipinski definition) is 3. The summed E-state index contributed by atoms with van der Waals surface area (Å²) >= 11 is 1.56. The highest BCUT2D eigenvalue weighted by atomic mass is 32.2. The zero-order chi connectivity index (χ0) is 11.3. The molecule has 6 heteroatoms. The summed E-state index contributed by atoms with van der Waals surface area (Å²) in [4.78, 5) is 1.00. The summed E-state index contributed by atoms with van der Waals surface area (Å²) in [5.74, 6) is -0.00348. The molecule has 0 aliphatic carbocycles. The van der Waals surface area contributed by atoms with Crippen molar-refractivity contribution in [1.29, 1.82) is 0 Å². The Labute approximate surface area is 94.3 Å². The van der Waals surface area contributed by atoms with E-state index >= 15 is 0 Å². The van der Waals surface area contributed by atoms with E-state index in [4.69, 9.17) is 0 Å². The first kappa shape index (κ1) is 12.4. The molecule has 1 rings (SSSR count). The molecule has 0 radical (unpaired) electrons. The molecule has 4 nitrogen and oxygen atoms in total. The van der Waals surface area contributed by atoms with Crippen molar-refractivity contribution >= 4 is 27.5 Å². The van der Waals surface area contributed by atoms with Crippen LogP contribution in [0.25, 0.3) is 4.72 Å². The second-order valence-electron chi connectivity index (χ2n) is 2.93. The van der Waals surface area contributed by atoms with Crippen LogP contribution in [0.2, 0.25) is 0 Å². The van der Waals surface area contributed by atoms with E-state index in [-0.39, 0.29) is 5.75 Å². The highest BCUT2D eigenvalue weighted by molar-refractivity contribution is 7.98. The molecule has 0 bridgehead atoms. The zero-order valence-electron chi connectivity index (χ0n) is 8.51. The van der Waals surface area contributed by atoms with Crippen molar-refractivity contribution in [2.75, 3.05) is 18.6 Å². The first-order valence-corrected chi connectivity index (χ1v) is 7.30. The Morgan fingerprint density at radius 3 is 2.80 bits per heavy atom. The zero-order valence-corrected chi connectivity index (χ0v) is 10.1. The summed E-state index contributed by atoms with van der Waals surface area (Å²) in [5, 5.41) is 0. The minimum absolute atomic E-state index is 0.00348. The van der Waals surface area contributed by atoms with Crippen LogP contribution in [0, 0.1) is 0 Å². The Hall–Kier alpha value is -0.720. The van der Waals surface area contributed by atoms with Crippen LogP contribution in [0.4, 0.5) is 5.69 Å². The van der Waals surface area contributed by atoms with E-state index in [1.165, 1.54) is 0 Å². The number of hydrogen-bond donors (Lipinski definition) is 1. The Bertz CT molecular complexity index is 418. The van der Waals surface area contributed by atoms with Gasteiger partial charge in [-0.2, -0.15) is 0 Å². The van der Waals surface area contributed by atoms with Crippen molar-refractivity contribution in [2.24, 2.45) is 0 Å². The van der Waals surface area contributed by atoms with Gasteiger partial charge in [-0.15, -0.1) is 17.4 Å². The van der Waals surface area contributed by atoms with E-state index in [0.29, 0.717) is 12.2 Å². The maximum Gasteiger partial charge on any atom is 0.0993 e. The molecule has 84 valence electrons. The van der Waals surface area contributed by atoms with Crippen molar-refractivity contribution in [1.82, 2.24) is 0 Å². The number of benzene rings is 1. The molecule has 1 aromatic rings. The summed E-state index contributed by atoms with van der Waals surface area (Å²) in [5.41, 5.74) is 3.98. The summed E-state index contributed by atoms with van der Waals surface area (Å²) < 4.78 is 26.5. The minimum Gasteiger partial charge on any atom is -0.577 e. The molecule has 0 saturated carbocycles. The molecule has 0 fully saturated rings. The van der Waals surface area contributed by atoms with Crippen molar-refractivity contribution in [2.45, 2.75) is 4.90 Å². The molecule has 0 atom stereocenters. The summed E-state index contributed by atoms with van der Waals surface area (Å²) in [6.45, 7) is 0.341. The van der Waals surface area contributed by atoms with Crippen LogP contribution in [0.15, 0.2) is 29.2 Å². The molecule has 0 aromatic heterocycles. The SMILES string of the molecule is CSc1cccc([N-]S(=O)(=O)CC[NH3+])c1. The van der Waals surface area contributed by atoms with Crippen molar-refractivity contribution in [3.63, 3.8) is 0 Å². The molecule has 0 aliphatic rings. The fourth-order valence-electron chi connectivity index (χ4n) is 1.06. The van der Waals surface area contributed by atoms with Gasteiger partial charge in [0, 0.05) is 4.90 Å². The smallest absolute Gasteiger partial charge is 0.0993 e. The van der Waals surface area contributed by atoms with Gasteiger partial charge in [0.15, 0.2) is 0 Å². The van der Waals surface area contributed by atoms with E-state index < -0.39 is 10.0 Å². The lowest BCUT2D eigenvalue weighted by Gasteiger charge is -2.21. The summed E-state index contributed by atoms with van der Waals surface area (Å²) in [6, 6.07) is 7.15. The predicted octanol–water partition coefficient (Wildman–Crippen LogP) is 0.985. The third-order valence-corrected chi connectivity index (χ3v) is 3.72. The number of sulfonamides is 1. The van der Waals surface area contributed by atoms with E-state index in [9.17, 15) is 8.42 Å². The average Bonchev–Trinajstić information content (AvgIpc) is 2.17. The van der Waals surface area contributed by atoms with Gasteiger partial charge < -0.3 is 10.5 Å². The molecular formula is C9H14N2O2S2. The number of quaternary nitrogens is 1. The van der Waals surface area contributed by atoms with Crippen LogP contribution >= 0.6 is 11.8 Å². The molecule has 1 aromatic carbocycles. The molecule has 0 unspecified atom stereocenters. The van der Waals surface area contributed by atoms with Crippen LogP contribution < -0.4 is 5.73 Å². The fourth-order valence-corrected chi connectivity index (χ4v) is 2.40. The van der Waals surface area contributed by atoms with E-state index in [2.05, 4.69) is 10.5 Å². The second kappa shape index (κ2) is 5.39. The number of rotatable bonds is 5. The lowest BCUT2D eigenvalue weighted by Crippen LogP contribution is -2.52.